The first-order valence-electron chi connectivity index (χ1n) is 4.92. The molecule has 0 spiro atoms. The maximum Gasteiger partial charge on any atom is 0.317 e. The Morgan fingerprint density at radius 3 is 2.87 bits per heavy atom. The van der Waals surface area contributed by atoms with Crippen LogP contribution < -0.4 is 10.6 Å². The average molecular weight is 215 g/mol. The lowest BCUT2D eigenvalue weighted by molar-refractivity contribution is -0.125. The number of urea groups is 1. The lowest BCUT2D eigenvalue weighted by atomic mass is 10.2. The standard InChI is InChI=1S/C9H17N3O3/c1-10-9(14)12-4-3-7(5-12)11-8(13)6-15-2/h7H,3-6H2,1-2H3,(H,10,14)(H,11,13)/t7-/m0/s1. The Morgan fingerprint density at radius 2 is 2.27 bits per heavy atom. The highest BCUT2D eigenvalue weighted by Gasteiger charge is 2.26. The molecule has 1 atom stereocenters. The number of hydrogen-bond acceptors (Lipinski definition) is 3. The molecule has 2 N–H and O–H groups in total. The fraction of sp³-hybridized carbons (Fsp3) is 0.778. The molecule has 3 amide bonds. The van der Waals surface area contributed by atoms with Crippen molar-refractivity contribution >= 4 is 11.9 Å². The molecule has 1 saturated heterocycles. The molecule has 1 rings (SSSR count). The maximum atomic E-state index is 11.2. The Kier molecular flexibility index (Phi) is 4.36. The number of amides is 3. The lowest BCUT2D eigenvalue weighted by Crippen LogP contribution is -2.42. The number of rotatable bonds is 3. The van der Waals surface area contributed by atoms with E-state index >= 15 is 0 Å². The number of carbonyl (C=O) groups excluding carboxylic acids is 2. The quantitative estimate of drug-likeness (QED) is 0.645. The number of likely N-dealkylation sites (tertiary alicyclic amines) is 1. The third-order valence-electron chi connectivity index (χ3n) is 2.33. The van der Waals surface area contributed by atoms with Crippen LogP contribution in [0, 0.1) is 0 Å². The molecule has 1 aliphatic heterocycles. The van der Waals surface area contributed by atoms with Crippen molar-refractivity contribution < 1.29 is 14.3 Å². The van der Waals surface area contributed by atoms with Crippen molar-refractivity contribution in [2.24, 2.45) is 0 Å². The van der Waals surface area contributed by atoms with Crippen molar-refractivity contribution in [1.29, 1.82) is 0 Å². The van der Waals surface area contributed by atoms with Crippen molar-refractivity contribution in [3.8, 4) is 0 Å². The van der Waals surface area contributed by atoms with Gasteiger partial charge in [0.25, 0.3) is 0 Å². The number of ether oxygens (including phenoxy) is 1. The van der Waals surface area contributed by atoms with E-state index < -0.39 is 0 Å². The van der Waals surface area contributed by atoms with E-state index in [0.717, 1.165) is 6.42 Å². The molecule has 0 radical (unpaired) electrons. The Labute approximate surface area is 88.9 Å². The average Bonchev–Trinajstić information content (AvgIpc) is 2.65. The van der Waals surface area contributed by atoms with Crippen LogP contribution in [-0.2, 0) is 9.53 Å². The normalized spacial score (nSPS) is 20.1. The van der Waals surface area contributed by atoms with Gasteiger partial charge in [0.05, 0.1) is 0 Å². The van der Waals surface area contributed by atoms with E-state index in [1.54, 1.807) is 11.9 Å². The molecule has 1 heterocycles. The molecule has 0 aromatic rings. The lowest BCUT2D eigenvalue weighted by Gasteiger charge is -2.16. The Morgan fingerprint density at radius 1 is 1.53 bits per heavy atom. The number of nitrogens with one attached hydrogen (secondary N) is 2. The molecule has 6 nitrogen and oxygen atoms in total. The van der Waals surface area contributed by atoms with Gasteiger partial charge >= 0.3 is 6.03 Å². The summed E-state index contributed by atoms with van der Waals surface area (Å²) in [5.41, 5.74) is 0. The fourth-order valence-corrected chi connectivity index (χ4v) is 1.62. The predicted octanol–water partition coefficient (Wildman–Crippen LogP) is -0.837. The first kappa shape index (κ1) is 11.8. The van der Waals surface area contributed by atoms with Gasteiger partial charge in [0.15, 0.2) is 0 Å². The van der Waals surface area contributed by atoms with E-state index in [-0.39, 0.29) is 24.6 Å². The molecular formula is C9H17N3O3. The zero-order chi connectivity index (χ0) is 11.3. The van der Waals surface area contributed by atoms with Crippen LogP contribution in [0.2, 0.25) is 0 Å². The highest BCUT2D eigenvalue weighted by molar-refractivity contribution is 5.78. The van der Waals surface area contributed by atoms with Crippen LogP contribution in [-0.4, -0.2) is 56.7 Å². The molecule has 1 fully saturated rings. The van der Waals surface area contributed by atoms with Gasteiger partial charge < -0.3 is 20.3 Å². The van der Waals surface area contributed by atoms with Crippen molar-refractivity contribution in [1.82, 2.24) is 15.5 Å². The highest BCUT2D eigenvalue weighted by atomic mass is 16.5. The monoisotopic (exact) mass is 215 g/mol. The molecular weight excluding hydrogens is 198 g/mol. The van der Waals surface area contributed by atoms with E-state index in [2.05, 4.69) is 10.6 Å². The molecule has 0 aliphatic carbocycles. The summed E-state index contributed by atoms with van der Waals surface area (Å²) in [7, 11) is 3.07. The second kappa shape index (κ2) is 5.55. The maximum absolute atomic E-state index is 11.2. The van der Waals surface area contributed by atoms with Gasteiger partial charge in [-0.1, -0.05) is 0 Å². The van der Waals surface area contributed by atoms with Gasteiger partial charge in [0, 0.05) is 33.3 Å². The third-order valence-corrected chi connectivity index (χ3v) is 2.33. The van der Waals surface area contributed by atoms with Gasteiger partial charge in [0.1, 0.15) is 6.61 Å². The zero-order valence-electron chi connectivity index (χ0n) is 9.08. The van der Waals surface area contributed by atoms with Crippen LogP contribution in [0.5, 0.6) is 0 Å². The van der Waals surface area contributed by atoms with Crippen LogP contribution in [0.25, 0.3) is 0 Å². The number of hydrogen-bond donors (Lipinski definition) is 2. The van der Waals surface area contributed by atoms with Crippen LogP contribution in [0.3, 0.4) is 0 Å². The highest BCUT2D eigenvalue weighted by Crippen LogP contribution is 2.08. The Balaban J connectivity index is 2.30. The van der Waals surface area contributed by atoms with Gasteiger partial charge in [-0.3, -0.25) is 4.79 Å². The van der Waals surface area contributed by atoms with Crippen molar-refractivity contribution in [3.63, 3.8) is 0 Å². The van der Waals surface area contributed by atoms with Gasteiger partial charge in [0.2, 0.25) is 5.91 Å². The summed E-state index contributed by atoms with van der Waals surface area (Å²) >= 11 is 0. The van der Waals surface area contributed by atoms with Gasteiger partial charge in [-0.25, -0.2) is 4.79 Å². The molecule has 1 aliphatic rings. The number of carbonyl (C=O) groups is 2. The van der Waals surface area contributed by atoms with Gasteiger partial charge in [-0.15, -0.1) is 0 Å². The van der Waals surface area contributed by atoms with Crippen LogP contribution in [0.15, 0.2) is 0 Å². The van der Waals surface area contributed by atoms with Crippen LogP contribution >= 0.6 is 0 Å². The van der Waals surface area contributed by atoms with Crippen molar-refractivity contribution in [2.75, 3.05) is 33.9 Å². The first-order valence-corrected chi connectivity index (χ1v) is 4.92. The minimum Gasteiger partial charge on any atom is -0.375 e. The topological polar surface area (TPSA) is 70.7 Å². The van der Waals surface area contributed by atoms with Gasteiger partial charge in [-0.05, 0) is 6.42 Å². The first-order chi connectivity index (χ1) is 7.17. The summed E-state index contributed by atoms with van der Waals surface area (Å²) < 4.78 is 4.70. The van der Waals surface area contributed by atoms with E-state index in [9.17, 15) is 9.59 Å². The second-order valence-electron chi connectivity index (χ2n) is 3.49. The molecule has 86 valence electrons. The van der Waals surface area contributed by atoms with E-state index in [1.165, 1.54) is 7.11 Å². The van der Waals surface area contributed by atoms with Crippen molar-refractivity contribution in [2.45, 2.75) is 12.5 Å². The van der Waals surface area contributed by atoms with Crippen molar-refractivity contribution in [3.05, 3.63) is 0 Å². The number of nitrogens with zero attached hydrogens (tertiary/aromatic N) is 1. The summed E-state index contributed by atoms with van der Waals surface area (Å²) in [5.74, 6) is -0.138. The van der Waals surface area contributed by atoms with Crippen LogP contribution in [0.4, 0.5) is 4.79 Å². The van der Waals surface area contributed by atoms with E-state index in [0.29, 0.717) is 13.1 Å². The van der Waals surface area contributed by atoms with E-state index in [4.69, 9.17) is 4.74 Å². The molecule has 15 heavy (non-hydrogen) atoms. The smallest absolute Gasteiger partial charge is 0.317 e. The molecule has 6 heteroatoms. The number of methoxy groups -OCH3 is 1. The summed E-state index contributed by atoms with van der Waals surface area (Å²) in [6, 6.07) is -0.0524. The SMILES string of the molecule is CNC(=O)N1CC[C@H](NC(=O)COC)C1. The summed E-state index contributed by atoms with van der Waals surface area (Å²) in [5, 5.41) is 5.36. The minimum absolute atomic E-state index is 0.0462. The van der Waals surface area contributed by atoms with Gasteiger partial charge in [-0.2, -0.15) is 0 Å². The summed E-state index contributed by atoms with van der Waals surface area (Å²) in [6.07, 6.45) is 0.795. The molecule has 0 unspecified atom stereocenters. The zero-order valence-corrected chi connectivity index (χ0v) is 9.08. The largest absolute Gasteiger partial charge is 0.375 e. The molecule has 0 bridgehead atoms. The predicted molar refractivity (Wildman–Crippen MR) is 54.5 cm³/mol. The molecule has 0 saturated carbocycles. The third kappa shape index (κ3) is 3.39. The Bertz CT molecular complexity index is 245. The Hall–Kier alpha value is -1.30. The summed E-state index contributed by atoms with van der Waals surface area (Å²) in [6.45, 7) is 1.31. The minimum atomic E-state index is -0.138. The molecule has 0 aromatic carbocycles. The van der Waals surface area contributed by atoms with E-state index in [1.807, 2.05) is 0 Å². The fourth-order valence-electron chi connectivity index (χ4n) is 1.62. The summed E-state index contributed by atoms with van der Waals surface area (Å²) in [4.78, 5) is 24.1. The second-order valence-corrected chi connectivity index (χ2v) is 3.49. The molecule has 0 aromatic heterocycles. The van der Waals surface area contributed by atoms with Crippen LogP contribution in [0.1, 0.15) is 6.42 Å².